The van der Waals surface area contributed by atoms with E-state index in [1.54, 1.807) is 0 Å². The van der Waals surface area contributed by atoms with Gasteiger partial charge in [0.1, 0.15) is 4.99 Å². The number of thiocarbonyl (C=S) groups is 1. The van der Waals surface area contributed by atoms with Crippen LogP contribution in [0.4, 0.5) is 11.4 Å². The van der Waals surface area contributed by atoms with E-state index in [-0.39, 0.29) is 0 Å². The molecule has 0 saturated heterocycles. The van der Waals surface area contributed by atoms with Crippen LogP contribution in [0.5, 0.6) is 0 Å². The molecule has 22 heavy (non-hydrogen) atoms. The molecule has 1 aromatic heterocycles. The second-order valence-corrected chi connectivity index (χ2v) is 5.82. The summed E-state index contributed by atoms with van der Waals surface area (Å²) < 4.78 is 1.88. The zero-order chi connectivity index (χ0) is 15.5. The van der Waals surface area contributed by atoms with Gasteiger partial charge in [-0.3, -0.25) is 0 Å². The maximum atomic E-state index is 6.41. The minimum absolute atomic E-state index is 0.636. The maximum Gasteiger partial charge on any atom is 0.118 e. The number of aromatic nitrogens is 1. The third-order valence-corrected chi connectivity index (χ3v) is 4.21. The quantitative estimate of drug-likeness (QED) is 0.647. The highest BCUT2D eigenvalue weighted by Gasteiger charge is 2.09. The number of hydrogen-bond acceptors (Lipinski definition) is 2. The summed E-state index contributed by atoms with van der Waals surface area (Å²) >= 11 is 11.9. The molecule has 1 heterocycles. The SMILES string of the molecule is Cc1ccccc1Nc1ccc(C(=S)n2cccc2)c(Cl)c1. The molecule has 0 saturated carbocycles. The zero-order valence-electron chi connectivity index (χ0n) is 12.1. The van der Waals surface area contributed by atoms with E-state index < -0.39 is 0 Å². The predicted molar refractivity (Wildman–Crippen MR) is 97.4 cm³/mol. The summed E-state index contributed by atoms with van der Waals surface area (Å²) in [5.41, 5.74) is 4.05. The molecule has 0 aliphatic carbocycles. The Morgan fingerprint density at radius 1 is 1.05 bits per heavy atom. The number of nitrogens with zero attached hydrogens (tertiary/aromatic N) is 1. The van der Waals surface area contributed by atoms with Gasteiger partial charge in [-0.05, 0) is 48.9 Å². The summed E-state index contributed by atoms with van der Waals surface area (Å²) in [6.07, 6.45) is 3.83. The van der Waals surface area contributed by atoms with Gasteiger partial charge in [-0.1, -0.05) is 42.0 Å². The number of benzene rings is 2. The molecule has 1 N–H and O–H groups in total. The van der Waals surface area contributed by atoms with Gasteiger partial charge in [0.2, 0.25) is 0 Å². The third kappa shape index (κ3) is 3.06. The molecule has 0 radical (unpaired) electrons. The summed E-state index contributed by atoms with van der Waals surface area (Å²) in [7, 11) is 0. The van der Waals surface area contributed by atoms with E-state index in [1.807, 2.05) is 65.5 Å². The van der Waals surface area contributed by atoms with Crippen molar-refractivity contribution in [2.45, 2.75) is 6.92 Å². The average Bonchev–Trinajstić information content (AvgIpc) is 3.03. The van der Waals surface area contributed by atoms with Crippen molar-refractivity contribution in [3.05, 3.63) is 83.1 Å². The molecule has 0 aliphatic rings. The van der Waals surface area contributed by atoms with E-state index in [4.69, 9.17) is 23.8 Å². The molecule has 2 aromatic carbocycles. The summed E-state index contributed by atoms with van der Waals surface area (Å²) in [5.74, 6) is 0. The fourth-order valence-electron chi connectivity index (χ4n) is 2.24. The smallest absolute Gasteiger partial charge is 0.118 e. The summed E-state index contributed by atoms with van der Waals surface area (Å²) in [5, 5.41) is 4.02. The van der Waals surface area contributed by atoms with E-state index in [0.29, 0.717) is 10.0 Å². The molecule has 0 amide bonds. The van der Waals surface area contributed by atoms with Crippen molar-refractivity contribution in [2.75, 3.05) is 5.32 Å². The van der Waals surface area contributed by atoms with Gasteiger partial charge in [0, 0.05) is 29.3 Å². The molecule has 110 valence electrons. The van der Waals surface area contributed by atoms with Crippen molar-refractivity contribution < 1.29 is 0 Å². The molecular formula is C18H15ClN2S. The zero-order valence-corrected chi connectivity index (χ0v) is 13.7. The number of para-hydroxylation sites is 1. The van der Waals surface area contributed by atoms with E-state index in [2.05, 4.69) is 18.3 Å². The van der Waals surface area contributed by atoms with Crippen LogP contribution in [0, 0.1) is 6.92 Å². The molecule has 0 atom stereocenters. The van der Waals surface area contributed by atoms with Crippen LogP contribution < -0.4 is 5.32 Å². The molecule has 4 heteroatoms. The standard InChI is InChI=1S/C18H15ClN2S/c1-13-6-2-3-7-17(13)20-14-8-9-15(16(19)12-14)18(22)21-10-4-5-11-21/h2-12,20H,1H3. The van der Waals surface area contributed by atoms with E-state index in [0.717, 1.165) is 16.9 Å². The van der Waals surface area contributed by atoms with Crippen LogP contribution in [-0.2, 0) is 0 Å². The Kier molecular flexibility index (Phi) is 4.27. The lowest BCUT2D eigenvalue weighted by Gasteiger charge is -2.12. The number of halogens is 1. The van der Waals surface area contributed by atoms with E-state index in [1.165, 1.54) is 5.56 Å². The Bertz CT molecular complexity index is 810. The fraction of sp³-hybridized carbons (Fsp3) is 0.0556. The number of hydrogen-bond donors (Lipinski definition) is 1. The third-order valence-electron chi connectivity index (χ3n) is 3.46. The molecule has 3 aromatic rings. The summed E-state index contributed by atoms with van der Waals surface area (Å²) in [6, 6.07) is 17.9. The highest BCUT2D eigenvalue weighted by atomic mass is 35.5. The first-order chi connectivity index (χ1) is 10.6. The van der Waals surface area contributed by atoms with Crippen molar-refractivity contribution in [1.29, 1.82) is 0 Å². The van der Waals surface area contributed by atoms with Crippen LogP contribution >= 0.6 is 23.8 Å². The molecule has 0 unspecified atom stereocenters. The first-order valence-electron chi connectivity index (χ1n) is 6.95. The molecule has 0 bridgehead atoms. The highest BCUT2D eigenvalue weighted by molar-refractivity contribution is 7.80. The molecule has 3 rings (SSSR count). The second kappa shape index (κ2) is 6.34. The lowest BCUT2D eigenvalue weighted by atomic mass is 10.1. The van der Waals surface area contributed by atoms with Crippen LogP contribution in [0.15, 0.2) is 67.0 Å². The molecular weight excluding hydrogens is 312 g/mol. The summed E-state index contributed by atoms with van der Waals surface area (Å²) in [6.45, 7) is 2.07. The molecule has 0 spiro atoms. The van der Waals surface area contributed by atoms with Crippen LogP contribution in [-0.4, -0.2) is 9.56 Å². The summed E-state index contributed by atoms with van der Waals surface area (Å²) in [4.78, 5) is 0.692. The van der Waals surface area contributed by atoms with Crippen molar-refractivity contribution in [2.24, 2.45) is 0 Å². The number of rotatable bonds is 3. The monoisotopic (exact) mass is 326 g/mol. The first-order valence-corrected chi connectivity index (χ1v) is 7.73. The van der Waals surface area contributed by atoms with Crippen LogP contribution in [0.1, 0.15) is 11.1 Å². The Labute approximate surface area is 140 Å². The van der Waals surface area contributed by atoms with Crippen LogP contribution in [0.3, 0.4) is 0 Å². The minimum atomic E-state index is 0.636. The van der Waals surface area contributed by atoms with Crippen molar-refractivity contribution in [1.82, 2.24) is 4.57 Å². The predicted octanol–water partition coefficient (Wildman–Crippen LogP) is 5.42. The Morgan fingerprint density at radius 2 is 1.77 bits per heavy atom. The van der Waals surface area contributed by atoms with Gasteiger partial charge in [-0.25, -0.2) is 0 Å². The van der Waals surface area contributed by atoms with Crippen molar-refractivity contribution >= 4 is 40.2 Å². The second-order valence-electron chi connectivity index (χ2n) is 5.03. The van der Waals surface area contributed by atoms with Gasteiger partial charge in [0.25, 0.3) is 0 Å². The van der Waals surface area contributed by atoms with Crippen LogP contribution in [0.2, 0.25) is 5.02 Å². The maximum absolute atomic E-state index is 6.41. The fourth-order valence-corrected chi connectivity index (χ4v) is 2.87. The van der Waals surface area contributed by atoms with E-state index >= 15 is 0 Å². The number of nitrogens with one attached hydrogen (secondary N) is 1. The Morgan fingerprint density at radius 3 is 2.45 bits per heavy atom. The normalized spacial score (nSPS) is 10.5. The van der Waals surface area contributed by atoms with Gasteiger partial charge < -0.3 is 9.88 Å². The Hall–Kier alpha value is -2.10. The number of anilines is 2. The average molecular weight is 327 g/mol. The van der Waals surface area contributed by atoms with Crippen LogP contribution in [0.25, 0.3) is 0 Å². The molecule has 2 nitrogen and oxygen atoms in total. The molecule has 0 aliphatic heterocycles. The molecule has 0 fully saturated rings. The number of aryl methyl sites for hydroxylation is 1. The highest BCUT2D eigenvalue weighted by Crippen LogP contribution is 2.26. The topological polar surface area (TPSA) is 17.0 Å². The van der Waals surface area contributed by atoms with Crippen molar-refractivity contribution in [3.8, 4) is 0 Å². The Balaban J connectivity index is 1.87. The lowest BCUT2D eigenvalue weighted by Crippen LogP contribution is -2.08. The lowest BCUT2D eigenvalue weighted by molar-refractivity contribution is 1.19. The van der Waals surface area contributed by atoms with Gasteiger partial charge in [-0.2, -0.15) is 0 Å². The van der Waals surface area contributed by atoms with Gasteiger partial charge in [0.05, 0.1) is 5.02 Å². The van der Waals surface area contributed by atoms with Gasteiger partial charge in [0.15, 0.2) is 0 Å². The first kappa shape index (κ1) is 14.8. The van der Waals surface area contributed by atoms with Gasteiger partial charge >= 0.3 is 0 Å². The van der Waals surface area contributed by atoms with E-state index in [9.17, 15) is 0 Å². The largest absolute Gasteiger partial charge is 0.355 e. The van der Waals surface area contributed by atoms with Crippen molar-refractivity contribution in [3.63, 3.8) is 0 Å². The van der Waals surface area contributed by atoms with Gasteiger partial charge in [-0.15, -0.1) is 0 Å². The minimum Gasteiger partial charge on any atom is -0.355 e.